The molecule has 0 aromatic heterocycles. The average Bonchev–Trinajstić information content (AvgIpc) is 3.10. The lowest BCUT2D eigenvalue weighted by molar-refractivity contribution is -0.138. The molecule has 0 radical (unpaired) electrons. The summed E-state index contributed by atoms with van der Waals surface area (Å²) in [5.41, 5.74) is 1.91. The van der Waals surface area contributed by atoms with Crippen molar-refractivity contribution in [2.45, 2.75) is 42.9 Å². The Balaban J connectivity index is 1.95. The van der Waals surface area contributed by atoms with Crippen LogP contribution in [0.1, 0.15) is 42.6 Å². The van der Waals surface area contributed by atoms with E-state index in [4.69, 9.17) is 4.74 Å². The summed E-state index contributed by atoms with van der Waals surface area (Å²) in [6.07, 6.45) is 3.35. The minimum Gasteiger partial charge on any atom is -0.462 e. The Morgan fingerprint density at radius 1 is 0.963 bits per heavy atom. The predicted octanol–water partition coefficient (Wildman–Crippen LogP) is 5.88. The fraction of sp³-hybridized carbons (Fsp3) is 0.273. The van der Waals surface area contributed by atoms with E-state index in [0.717, 1.165) is 29.1 Å². The molecule has 1 heterocycles. The zero-order valence-electron chi connectivity index (χ0n) is 15.5. The van der Waals surface area contributed by atoms with Gasteiger partial charge in [0.15, 0.2) is 0 Å². The molecule has 0 N–H and O–H groups in total. The number of carbonyl (C=O) groups excluding carboxylic acids is 2. The number of rotatable bonds is 7. The van der Waals surface area contributed by atoms with E-state index in [1.165, 1.54) is 29.1 Å². The Kier molecular flexibility index (Phi) is 6.80. The van der Waals surface area contributed by atoms with Crippen molar-refractivity contribution in [1.82, 2.24) is 0 Å². The number of benzene rings is 2. The fourth-order valence-electron chi connectivity index (χ4n) is 2.78. The number of ketones is 1. The third kappa shape index (κ3) is 4.66. The maximum atomic E-state index is 13.0. The van der Waals surface area contributed by atoms with Crippen molar-refractivity contribution in [2.24, 2.45) is 0 Å². The van der Waals surface area contributed by atoms with Gasteiger partial charge < -0.3 is 4.74 Å². The summed E-state index contributed by atoms with van der Waals surface area (Å²) in [5.74, 6) is -0.844. The molecule has 0 aliphatic carbocycles. The summed E-state index contributed by atoms with van der Waals surface area (Å²) < 4.78 is 5.89. The van der Waals surface area contributed by atoms with Crippen molar-refractivity contribution in [3.8, 4) is 0 Å². The van der Waals surface area contributed by atoms with Gasteiger partial charge in [0.25, 0.3) is 0 Å². The third-order valence-electron chi connectivity index (χ3n) is 4.18. The molecule has 2 aromatic carbocycles. The summed E-state index contributed by atoms with van der Waals surface area (Å²) in [5, 5.41) is 0. The van der Waals surface area contributed by atoms with Gasteiger partial charge in [0.1, 0.15) is 5.57 Å². The number of ether oxygens (including phenoxy) is 1. The lowest BCUT2D eigenvalue weighted by atomic mass is 10.1. The van der Waals surface area contributed by atoms with Gasteiger partial charge in [0.2, 0.25) is 5.78 Å². The van der Waals surface area contributed by atoms with Crippen LogP contribution in [0, 0.1) is 0 Å². The summed E-state index contributed by atoms with van der Waals surface area (Å²) in [6, 6.07) is 15.3. The van der Waals surface area contributed by atoms with E-state index >= 15 is 0 Å². The Hall–Kier alpha value is -1.98. The fourth-order valence-corrected chi connectivity index (χ4v) is 5.37. The molecule has 1 aliphatic rings. The summed E-state index contributed by atoms with van der Waals surface area (Å²) >= 11 is 2.96. The van der Waals surface area contributed by atoms with Crippen LogP contribution in [0.25, 0.3) is 0 Å². The molecular weight excluding hydrogens is 376 g/mol. The highest BCUT2D eigenvalue weighted by molar-refractivity contribution is 8.24. The van der Waals surface area contributed by atoms with Crippen LogP contribution >= 0.6 is 23.5 Å². The van der Waals surface area contributed by atoms with E-state index in [1.54, 1.807) is 31.2 Å². The molecular formula is C22H22O3S2. The predicted molar refractivity (Wildman–Crippen MR) is 111 cm³/mol. The highest BCUT2D eigenvalue weighted by Gasteiger charge is 2.30. The quantitative estimate of drug-likeness (QED) is 0.191. The summed E-state index contributed by atoms with van der Waals surface area (Å²) in [4.78, 5) is 27.8. The Morgan fingerprint density at radius 2 is 1.70 bits per heavy atom. The first-order valence-electron chi connectivity index (χ1n) is 9.13. The Morgan fingerprint density at radius 3 is 2.41 bits per heavy atom. The van der Waals surface area contributed by atoms with Crippen LogP contribution in [0.5, 0.6) is 0 Å². The van der Waals surface area contributed by atoms with Crippen LogP contribution in [0.2, 0.25) is 0 Å². The van der Waals surface area contributed by atoms with Gasteiger partial charge in [-0.15, -0.1) is 0 Å². The number of hydrogen-bond donors (Lipinski definition) is 0. The number of unbranched alkanes of at least 4 members (excludes halogenated alkanes) is 1. The number of aryl methyl sites for hydroxylation is 1. The first-order chi connectivity index (χ1) is 13.1. The van der Waals surface area contributed by atoms with Crippen molar-refractivity contribution in [3.05, 3.63) is 69.5 Å². The molecule has 2 aromatic rings. The van der Waals surface area contributed by atoms with Crippen molar-refractivity contribution in [1.29, 1.82) is 0 Å². The summed E-state index contributed by atoms with van der Waals surface area (Å²) in [7, 11) is 0. The topological polar surface area (TPSA) is 43.4 Å². The van der Waals surface area contributed by atoms with E-state index in [0.29, 0.717) is 9.80 Å². The minimum atomic E-state index is -0.555. The molecule has 3 rings (SSSR count). The van der Waals surface area contributed by atoms with Gasteiger partial charge in [-0.3, -0.25) is 4.79 Å². The van der Waals surface area contributed by atoms with Crippen LogP contribution in [0.4, 0.5) is 0 Å². The average molecular weight is 399 g/mol. The molecule has 0 amide bonds. The molecule has 3 nitrogen and oxygen atoms in total. The highest BCUT2D eigenvalue weighted by Crippen LogP contribution is 2.53. The van der Waals surface area contributed by atoms with Crippen LogP contribution in [0.15, 0.2) is 68.1 Å². The van der Waals surface area contributed by atoms with E-state index in [-0.39, 0.29) is 18.0 Å². The van der Waals surface area contributed by atoms with E-state index in [9.17, 15) is 9.59 Å². The first-order valence-corrected chi connectivity index (χ1v) is 10.8. The van der Waals surface area contributed by atoms with Crippen LogP contribution < -0.4 is 0 Å². The molecule has 0 fully saturated rings. The number of thioether (sulfide) groups is 2. The van der Waals surface area contributed by atoms with E-state index in [2.05, 4.69) is 25.1 Å². The van der Waals surface area contributed by atoms with Crippen molar-refractivity contribution < 1.29 is 14.3 Å². The lowest BCUT2D eigenvalue weighted by Gasteiger charge is -2.09. The molecule has 27 heavy (non-hydrogen) atoms. The minimum absolute atomic E-state index is 0.129. The second-order valence-electron chi connectivity index (χ2n) is 6.17. The largest absolute Gasteiger partial charge is 0.462 e. The standard InChI is InChI=1S/C22H22O3S2/c1-3-5-9-15-12-13-17-18(14-15)27-22(26-17)19(21(24)25-4-2)20(23)16-10-7-6-8-11-16/h6-8,10-14H,3-5,9H2,1-2H3/b22-19-. The zero-order valence-corrected chi connectivity index (χ0v) is 17.1. The highest BCUT2D eigenvalue weighted by atomic mass is 32.2. The molecule has 0 spiro atoms. The molecule has 0 atom stereocenters. The smallest absolute Gasteiger partial charge is 0.343 e. The molecule has 1 aliphatic heterocycles. The number of esters is 1. The number of fused-ring (bicyclic) bond motifs is 1. The van der Waals surface area contributed by atoms with Crippen molar-refractivity contribution in [2.75, 3.05) is 6.61 Å². The Labute approximate surface area is 168 Å². The van der Waals surface area contributed by atoms with Gasteiger partial charge in [-0.2, -0.15) is 0 Å². The van der Waals surface area contributed by atoms with Crippen LogP contribution in [0.3, 0.4) is 0 Å². The van der Waals surface area contributed by atoms with Crippen LogP contribution in [-0.2, 0) is 16.0 Å². The van der Waals surface area contributed by atoms with E-state index < -0.39 is 5.97 Å². The monoisotopic (exact) mass is 398 g/mol. The zero-order chi connectivity index (χ0) is 19.2. The normalized spacial score (nSPS) is 14.6. The van der Waals surface area contributed by atoms with E-state index in [1.807, 2.05) is 6.07 Å². The molecule has 5 heteroatoms. The second kappa shape index (κ2) is 9.29. The number of Topliss-reactive ketones (excluding diaryl/α,β-unsaturated/α-hetero) is 1. The SMILES string of the molecule is CCCCc1ccc2c(c1)S/C(=C(\C(=O)OCC)C(=O)c1ccccc1)S2. The van der Waals surface area contributed by atoms with Gasteiger partial charge in [0.05, 0.1) is 10.8 Å². The van der Waals surface area contributed by atoms with Crippen LogP contribution in [-0.4, -0.2) is 18.4 Å². The molecule has 0 saturated heterocycles. The van der Waals surface area contributed by atoms with Gasteiger partial charge in [-0.1, -0.05) is 73.3 Å². The van der Waals surface area contributed by atoms with Gasteiger partial charge in [-0.25, -0.2) is 4.79 Å². The van der Waals surface area contributed by atoms with Crippen molar-refractivity contribution >= 4 is 35.3 Å². The maximum Gasteiger partial charge on any atom is 0.343 e. The Bertz CT molecular complexity index is 872. The van der Waals surface area contributed by atoms with Crippen molar-refractivity contribution in [3.63, 3.8) is 0 Å². The maximum absolute atomic E-state index is 13.0. The molecule has 0 saturated carbocycles. The summed E-state index contributed by atoms with van der Waals surface area (Å²) in [6.45, 7) is 4.16. The van der Waals surface area contributed by atoms with Gasteiger partial charge >= 0.3 is 5.97 Å². The third-order valence-corrected chi connectivity index (χ3v) is 6.72. The molecule has 140 valence electrons. The number of carbonyl (C=O) groups is 2. The lowest BCUT2D eigenvalue weighted by Crippen LogP contribution is -2.17. The second-order valence-corrected chi connectivity index (χ2v) is 8.53. The van der Waals surface area contributed by atoms with Gasteiger partial charge in [0, 0.05) is 15.4 Å². The van der Waals surface area contributed by atoms with Gasteiger partial charge in [-0.05, 0) is 37.5 Å². The molecule has 0 unspecified atom stereocenters. The first kappa shape index (κ1) is 19.8. The number of hydrogen-bond acceptors (Lipinski definition) is 5. The molecule has 0 bridgehead atoms.